The van der Waals surface area contributed by atoms with E-state index >= 15 is 0 Å². The van der Waals surface area contributed by atoms with E-state index in [1.54, 1.807) is 12.3 Å². The fourth-order valence-electron chi connectivity index (χ4n) is 3.65. The molecule has 3 aromatic rings. The highest BCUT2D eigenvalue weighted by Gasteiger charge is 2.37. The molecule has 0 atom stereocenters. The van der Waals surface area contributed by atoms with Gasteiger partial charge in [0.1, 0.15) is 12.4 Å². The molecule has 2 aliphatic carbocycles. The first-order chi connectivity index (χ1) is 17.4. The summed E-state index contributed by atoms with van der Waals surface area (Å²) in [5.41, 5.74) is 2.79. The monoisotopic (exact) mass is 503 g/mol. The summed E-state index contributed by atoms with van der Waals surface area (Å²) in [6.45, 7) is 0.826. The zero-order chi connectivity index (χ0) is 25.1. The van der Waals surface area contributed by atoms with Gasteiger partial charge < -0.3 is 9.47 Å². The molecule has 2 aromatic carbocycles. The molecule has 1 amide bonds. The van der Waals surface area contributed by atoms with E-state index in [0.717, 1.165) is 11.1 Å². The van der Waals surface area contributed by atoms with Gasteiger partial charge in [0.25, 0.3) is 5.91 Å². The number of nitriles is 1. The lowest BCUT2D eigenvalue weighted by atomic mass is 10.0. The second kappa shape index (κ2) is 9.99. The lowest BCUT2D eigenvalue weighted by Crippen LogP contribution is -2.33. The fourth-order valence-corrected chi connectivity index (χ4v) is 4.95. The van der Waals surface area contributed by atoms with Gasteiger partial charge in [0.15, 0.2) is 0 Å². The molecule has 8 nitrogen and oxygen atoms in total. The molecule has 2 fully saturated rings. The van der Waals surface area contributed by atoms with Crippen LogP contribution in [0.4, 0.5) is 0 Å². The van der Waals surface area contributed by atoms with E-state index < -0.39 is 21.2 Å². The van der Waals surface area contributed by atoms with E-state index in [0.29, 0.717) is 42.6 Å². The quantitative estimate of drug-likeness (QED) is 0.440. The highest BCUT2D eigenvalue weighted by molar-refractivity contribution is 7.91. The Labute approximate surface area is 209 Å². The van der Waals surface area contributed by atoms with Gasteiger partial charge in [-0.1, -0.05) is 18.2 Å². The molecule has 36 heavy (non-hydrogen) atoms. The van der Waals surface area contributed by atoms with Gasteiger partial charge >= 0.3 is 0 Å². The maximum absolute atomic E-state index is 12.4. The van der Waals surface area contributed by atoms with Gasteiger partial charge in [-0.25, -0.2) is 18.1 Å². The van der Waals surface area contributed by atoms with Gasteiger partial charge in [-0.3, -0.25) is 4.79 Å². The number of nitrogens with zero attached hydrogens (tertiary/aromatic N) is 2. The van der Waals surface area contributed by atoms with Crippen LogP contribution in [0.3, 0.4) is 0 Å². The van der Waals surface area contributed by atoms with E-state index in [1.165, 1.54) is 25.0 Å². The third kappa shape index (κ3) is 5.83. The number of carbonyl (C=O) groups excluding carboxylic acids is 1. The number of benzene rings is 2. The normalized spacial score (nSPS) is 15.1. The Kier molecular flexibility index (Phi) is 6.61. The van der Waals surface area contributed by atoms with Crippen LogP contribution in [0, 0.1) is 17.2 Å². The first-order valence-corrected chi connectivity index (χ1v) is 13.4. The summed E-state index contributed by atoms with van der Waals surface area (Å²) in [6, 6.07) is 17.9. The molecular weight excluding hydrogens is 478 g/mol. The lowest BCUT2D eigenvalue weighted by molar-refractivity contribution is 0.0981. The number of aromatic nitrogens is 1. The van der Waals surface area contributed by atoms with E-state index in [9.17, 15) is 18.5 Å². The predicted molar refractivity (Wildman–Crippen MR) is 133 cm³/mol. The molecule has 9 heteroatoms. The van der Waals surface area contributed by atoms with Crippen molar-refractivity contribution in [2.75, 3.05) is 6.61 Å². The summed E-state index contributed by atoms with van der Waals surface area (Å²) in [6.07, 6.45) is 5.33. The Morgan fingerprint density at radius 2 is 1.86 bits per heavy atom. The van der Waals surface area contributed by atoms with Crippen LogP contribution in [-0.4, -0.2) is 31.2 Å². The van der Waals surface area contributed by atoms with Gasteiger partial charge in [-0.05, 0) is 67.5 Å². The van der Waals surface area contributed by atoms with Crippen LogP contribution in [0.15, 0.2) is 60.8 Å². The van der Waals surface area contributed by atoms with Crippen molar-refractivity contribution in [3.63, 3.8) is 0 Å². The Hall–Kier alpha value is -3.90. The van der Waals surface area contributed by atoms with Crippen LogP contribution in [-0.2, 0) is 16.6 Å². The van der Waals surface area contributed by atoms with E-state index in [4.69, 9.17) is 9.47 Å². The van der Waals surface area contributed by atoms with E-state index in [1.807, 2.05) is 36.4 Å². The first kappa shape index (κ1) is 23.8. The Balaban J connectivity index is 1.23. The summed E-state index contributed by atoms with van der Waals surface area (Å²) in [4.78, 5) is 16.8. The number of pyridine rings is 1. The topological polar surface area (TPSA) is 118 Å². The number of amides is 1. The van der Waals surface area contributed by atoms with Gasteiger partial charge in [0.05, 0.1) is 23.5 Å². The first-order valence-electron chi connectivity index (χ1n) is 11.8. The summed E-state index contributed by atoms with van der Waals surface area (Å²) in [7, 11) is -3.66. The number of nitrogens with one attached hydrogen (secondary N) is 1. The number of sulfonamides is 1. The summed E-state index contributed by atoms with van der Waals surface area (Å²) >= 11 is 0. The standard InChI is InChI=1S/C27H25N3O5S/c28-14-23-12-20(27(31)30-36(32,33)25-9-10-25)6-7-22(23)17-34-24-3-1-2-19(13-24)21-8-11-26(29-15-21)35-16-18-4-5-18/h1-3,6-8,11-13,15,18,25H,4-5,9-10,16-17H2,(H,30,31). The molecule has 0 spiro atoms. The SMILES string of the molecule is N#Cc1cc(C(=O)NS(=O)(=O)C2CC2)ccc1COc1cccc(-c2ccc(OCC3CC3)nc2)c1. The van der Waals surface area contributed by atoms with Crippen molar-refractivity contribution in [1.29, 1.82) is 5.26 Å². The molecule has 184 valence electrons. The number of ether oxygens (including phenoxy) is 2. The van der Waals surface area contributed by atoms with Crippen LogP contribution >= 0.6 is 0 Å². The third-order valence-electron chi connectivity index (χ3n) is 6.15. The number of hydrogen-bond donors (Lipinski definition) is 1. The molecule has 0 unspecified atom stereocenters. The van der Waals surface area contributed by atoms with E-state index in [2.05, 4.69) is 15.8 Å². The maximum atomic E-state index is 12.4. The number of carbonyl (C=O) groups is 1. The molecule has 0 bridgehead atoms. The summed E-state index contributed by atoms with van der Waals surface area (Å²) in [5.74, 6) is 1.15. The van der Waals surface area contributed by atoms with Crippen LogP contribution in [0.2, 0.25) is 0 Å². The van der Waals surface area contributed by atoms with Crippen molar-refractivity contribution in [3.05, 3.63) is 77.5 Å². The zero-order valence-electron chi connectivity index (χ0n) is 19.5. The second-order valence-electron chi connectivity index (χ2n) is 9.12. The number of rotatable bonds is 10. The molecule has 2 aliphatic rings. The van der Waals surface area contributed by atoms with Crippen LogP contribution in [0.25, 0.3) is 11.1 Å². The van der Waals surface area contributed by atoms with Crippen molar-refractivity contribution < 1.29 is 22.7 Å². The van der Waals surface area contributed by atoms with E-state index in [-0.39, 0.29) is 17.7 Å². The highest BCUT2D eigenvalue weighted by atomic mass is 32.2. The molecule has 0 radical (unpaired) electrons. The highest BCUT2D eigenvalue weighted by Crippen LogP contribution is 2.30. The third-order valence-corrected chi connectivity index (χ3v) is 7.97. The van der Waals surface area contributed by atoms with Crippen molar-refractivity contribution in [2.24, 2.45) is 5.92 Å². The minimum Gasteiger partial charge on any atom is -0.489 e. The fraction of sp³-hybridized carbons (Fsp3) is 0.296. The Morgan fingerprint density at radius 3 is 2.56 bits per heavy atom. The molecule has 5 rings (SSSR count). The molecule has 2 saturated carbocycles. The van der Waals surface area contributed by atoms with Crippen molar-refractivity contribution in [3.8, 4) is 28.8 Å². The van der Waals surface area contributed by atoms with Crippen LogP contribution < -0.4 is 14.2 Å². The average Bonchev–Trinajstić information content (AvgIpc) is 3.80. The molecule has 1 heterocycles. The zero-order valence-corrected chi connectivity index (χ0v) is 20.3. The van der Waals surface area contributed by atoms with Gasteiger partial charge in [0, 0.05) is 29.0 Å². The van der Waals surface area contributed by atoms with Crippen molar-refractivity contribution >= 4 is 15.9 Å². The Bertz CT molecular complexity index is 1420. The molecule has 1 aromatic heterocycles. The summed E-state index contributed by atoms with van der Waals surface area (Å²) in [5, 5.41) is 9.06. The van der Waals surface area contributed by atoms with Crippen LogP contribution in [0.5, 0.6) is 11.6 Å². The van der Waals surface area contributed by atoms with Crippen LogP contribution in [0.1, 0.15) is 47.2 Å². The van der Waals surface area contributed by atoms with Gasteiger partial charge in [0.2, 0.25) is 15.9 Å². The average molecular weight is 504 g/mol. The van der Waals surface area contributed by atoms with Gasteiger partial charge in [-0.2, -0.15) is 5.26 Å². The van der Waals surface area contributed by atoms with Crippen molar-refractivity contribution in [2.45, 2.75) is 37.5 Å². The predicted octanol–water partition coefficient (Wildman–Crippen LogP) is 4.21. The Morgan fingerprint density at radius 1 is 1.03 bits per heavy atom. The second-order valence-corrected chi connectivity index (χ2v) is 11.1. The molecule has 0 saturated heterocycles. The molecule has 1 N–H and O–H groups in total. The summed E-state index contributed by atoms with van der Waals surface area (Å²) < 4.78 is 37.8. The van der Waals surface area contributed by atoms with Crippen molar-refractivity contribution in [1.82, 2.24) is 9.71 Å². The smallest absolute Gasteiger partial charge is 0.264 e. The minimum atomic E-state index is -3.66. The minimum absolute atomic E-state index is 0.110. The lowest BCUT2D eigenvalue weighted by Gasteiger charge is -2.11. The maximum Gasteiger partial charge on any atom is 0.264 e. The molecular formula is C27H25N3O5S. The largest absolute Gasteiger partial charge is 0.489 e. The number of hydrogen-bond acceptors (Lipinski definition) is 7. The molecule has 0 aliphatic heterocycles. The van der Waals surface area contributed by atoms with Gasteiger partial charge in [-0.15, -0.1) is 0 Å².